The number of nitriles is 1. The van der Waals surface area contributed by atoms with Crippen molar-refractivity contribution in [3.63, 3.8) is 0 Å². The molecule has 1 aromatic heterocycles. The van der Waals surface area contributed by atoms with Gasteiger partial charge in [0.25, 0.3) is 11.5 Å². The molecule has 0 atom stereocenters. The minimum Gasteiger partial charge on any atom is -0.493 e. The van der Waals surface area contributed by atoms with E-state index in [4.69, 9.17) is 9.47 Å². The molecule has 37 heavy (non-hydrogen) atoms. The van der Waals surface area contributed by atoms with E-state index in [0.29, 0.717) is 33.0 Å². The highest BCUT2D eigenvalue weighted by atomic mass is 32.1. The zero-order valence-corrected chi connectivity index (χ0v) is 21.7. The molecule has 3 aromatic carbocycles. The molecule has 0 aliphatic rings. The number of anilines is 1. The summed E-state index contributed by atoms with van der Waals surface area (Å²) in [5.41, 5.74) is 3.20. The van der Waals surface area contributed by atoms with Crippen molar-refractivity contribution in [1.82, 2.24) is 4.57 Å². The van der Waals surface area contributed by atoms with Crippen LogP contribution in [0.15, 0.2) is 71.5 Å². The van der Waals surface area contributed by atoms with Crippen LogP contribution < -0.4 is 29.5 Å². The van der Waals surface area contributed by atoms with Gasteiger partial charge in [0.05, 0.1) is 24.4 Å². The van der Waals surface area contributed by atoms with Crippen molar-refractivity contribution in [3.05, 3.63) is 103 Å². The monoisotopic (exact) mass is 511 g/mol. The Balaban J connectivity index is 1.99. The number of nitrogens with one attached hydrogen (secondary N) is 1. The van der Waals surface area contributed by atoms with Gasteiger partial charge < -0.3 is 14.8 Å². The lowest BCUT2D eigenvalue weighted by molar-refractivity contribution is -0.111. The third-order valence-corrected chi connectivity index (χ3v) is 6.76. The van der Waals surface area contributed by atoms with Crippen molar-refractivity contribution in [3.8, 4) is 23.3 Å². The van der Waals surface area contributed by atoms with Crippen LogP contribution in [0, 0.1) is 25.2 Å². The summed E-state index contributed by atoms with van der Waals surface area (Å²) in [5.74, 6) is 0.400. The molecule has 4 rings (SSSR count). The molecular weight excluding hydrogens is 486 g/mol. The lowest BCUT2D eigenvalue weighted by Crippen LogP contribution is -2.32. The summed E-state index contributed by atoms with van der Waals surface area (Å²) >= 11 is 1.07. The van der Waals surface area contributed by atoms with Crippen molar-refractivity contribution in [2.24, 2.45) is 0 Å². The van der Waals surface area contributed by atoms with Gasteiger partial charge in [-0.15, -0.1) is 11.3 Å². The summed E-state index contributed by atoms with van der Waals surface area (Å²) in [6, 6.07) is 22.0. The molecule has 1 amide bonds. The Bertz CT molecular complexity index is 1690. The van der Waals surface area contributed by atoms with E-state index in [1.165, 1.54) is 18.8 Å². The predicted molar refractivity (Wildman–Crippen MR) is 146 cm³/mol. The van der Waals surface area contributed by atoms with Gasteiger partial charge in [0.15, 0.2) is 17.1 Å². The summed E-state index contributed by atoms with van der Waals surface area (Å²) in [5, 5.41) is 12.8. The third-order valence-electron chi connectivity index (χ3n) is 5.66. The molecule has 0 saturated carbocycles. The highest BCUT2D eigenvalue weighted by Gasteiger charge is 2.18. The Hall–Kier alpha value is -4.61. The molecule has 0 radical (unpaired) electrons. The SMILES string of the molecule is COc1cccc(C=c2sc(=C(C#N)C(=O)Nc3cccc(C)c3)n(-c3ccc(C)cc3)c2=O)c1OC. The molecule has 0 fully saturated rings. The van der Waals surface area contributed by atoms with Crippen molar-refractivity contribution in [2.75, 3.05) is 19.5 Å². The largest absolute Gasteiger partial charge is 0.493 e. The number of thiazole rings is 1. The van der Waals surface area contributed by atoms with Gasteiger partial charge in [-0.2, -0.15) is 5.26 Å². The number of para-hydroxylation sites is 1. The van der Waals surface area contributed by atoms with E-state index in [0.717, 1.165) is 22.5 Å². The Morgan fingerprint density at radius 1 is 1.00 bits per heavy atom. The molecule has 0 aliphatic carbocycles. The number of nitrogens with zero attached hydrogens (tertiary/aromatic N) is 2. The summed E-state index contributed by atoms with van der Waals surface area (Å²) in [7, 11) is 3.06. The maximum atomic E-state index is 13.7. The zero-order valence-electron chi connectivity index (χ0n) is 20.9. The first kappa shape index (κ1) is 25.5. The second-order valence-corrected chi connectivity index (χ2v) is 9.32. The smallest absolute Gasteiger partial charge is 0.273 e. The van der Waals surface area contributed by atoms with Crippen molar-refractivity contribution in [1.29, 1.82) is 5.26 Å². The Morgan fingerprint density at radius 3 is 2.38 bits per heavy atom. The third kappa shape index (κ3) is 5.32. The minimum atomic E-state index is -0.597. The molecule has 0 saturated heterocycles. The number of rotatable bonds is 6. The van der Waals surface area contributed by atoms with E-state index in [-0.39, 0.29) is 15.8 Å². The second kappa shape index (κ2) is 11.0. The molecular formula is C29H25N3O4S. The van der Waals surface area contributed by atoms with E-state index in [2.05, 4.69) is 5.32 Å². The van der Waals surface area contributed by atoms with Gasteiger partial charge in [-0.3, -0.25) is 14.2 Å². The Labute approximate surface area is 218 Å². The van der Waals surface area contributed by atoms with Crippen molar-refractivity contribution >= 4 is 34.6 Å². The fraction of sp³-hybridized carbons (Fsp3) is 0.138. The number of aromatic nitrogens is 1. The van der Waals surface area contributed by atoms with Crippen LogP contribution in [0.25, 0.3) is 17.3 Å². The van der Waals surface area contributed by atoms with Gasteiger partial charge >= 0.3 is 0 Å². The average Bonchev–Trinajstić information content (AvgIpc) is 3.20. The minimum absolute atomic E-state index is 0.165. The summed E-state index contributed by atoms with van der Waals surface area (Å²) in [6.45, 7) is 3.85. The molecule has 0 spiro atoms. The lowest BCUT2D eigenvalue weighted by atomic mass is 10.2. The highest BCUT2D eigenvalue weighted by molar-refractivity contribution is 7.07. The van der Waals surface area contributed by atoms with Crippen LogP contribution in [0.1, 0.15) is 16.7 Å². The fourth-order valence-corrected chi connectivity index (χ4v) is 4.95. The van der Waals surface area contributed by atoms with Gasteiger partial charge in [-0.25, -0.2) is 0 Å². The maximum absolute atomic E-state index is 13.7. The van der Waals surface area contributed by atoms with E-state index in [1.807, 2.05) is 50.2 Å². The molecule has 7 nitrogen and oxygen atoms in total. The topological polar surface area (TPSA) is 93.4 Å². The van der Waals surface area contributed by atoms with Gasteiger partial charge in [0.1, 0.15) is 10.7 Å². The van der Waals surface area contributed by atoms with Crippen LogP contribution in [-0.4, -0.2) is 24.7 Å². The normalized spacial score (nSPS) is 12.0. The van der Waals surface area contributed by atoms with E-state index >= 15 is 0 Å². The highest BCUT2D eigenvalue weighted by Crippen LogP contribution is 2.31. The molecule has 8 heteroatoms. The van der Waals surface area contributed by atoms with Crippen LogP contribution >= 0.6 is 11.3 Å². The Morgan fingerprint density at radius 2 is 1.73 bits per heavy atom. The number of methoxy groups -OCH3 is 2. The first-order chi connectivity index (χ1) is 17.9. The van der Waals surface area contributed by atoms with Crippen LogP contribution in [0.4, 0.5) is 5.69 Å². The van der Waals surface area contributed by atoms with Gasteiger partial charge in [0, 0.05) is 11.3 Å². The van der Waals surface area contributed by atoms with Crippen LogP contribution in [0.2, 0.25) is 0 Å². The number of benzene rings is 3. The van der Waals surface area contributed by atoms with Crippen molar-refractivity contribution < 1.29 is 14.3 Å². The fourth-order valence-electron chi connectivity index (χ4n) is 3.86. The number of aryl methyl sites for hydroxylation is 2. The average molecular weight is 512 g/mol. The van der Waals surface area contributed by atoms with Gasteiger partial charge in [-0.05, 0) is 55.8 Å². The first-order valence-corrected chi connectivity index (χ1v) is 12.2. The number of amides is 1. The van der Waals surface area contributed by atoms with Crippen molar-refractivity contribution in [2.45, 2.75) is 13.8 Å². The van der Waals surface area contributed by atoms with E-state index in [1.54, 1.807) is 42.5 Å². The molecule has 0 aliphatic heterocycles. The second-order valence-electron chi connectivity index (χ2n) is 8.29. The van der Waals surface area contributed by atoms with Crippen LogP contribution in [-0.2, 0) is 4.79 Å². The lowest BCUT2D eigenvalue weighted by Gasteiger charge is -2.09. The quantitative estimate of drug-likeness (QED) is 0.426. The molecule has 1 N–H and O–H groups in total. The van der Waals surface area contributed by atoms with Gasteiger partial charge in [-0.1, -0.05) is 42.0 Å². The van der Waals surface area contributed by atoms with Crippen LogP contribution in [0.3, 0.4) is 0 Å². The van der Waals surface area contributed by atoms with E-state index in [9.17, 15) is 14.9 Å². The first-order valence-electron chi connectivity index (χ1n) is 11.4. The molecule has 0 bridgehead atoms. The summed E-state index contributed by atoms with van der Waals surface area (Å²) in [6.07, 6.45) is 1.68. The molecule has 0 unspecified atom stereocenters. The maximum Gasteiger partial charge on any atom is 0.273 e. The molecule has 4 aromatic rings. The molecule has 1 heterocycles. The number of carbonyl (C=O) groups is 1. The number of hydrogen-bond acceptors (Lipinski definition) is 6. The van der Waals surface area contributed by atoms with Crippen LogP contribution in [0.5, 0.6) is 11.5 Å². The zero-order chi connectivity index (χ0) is 26.5. The summed E-state index contributed by atoms with van der Waals surface area (Å²) in [4.78, 5) is 26.9. The van der Waals surface area contributed by atoms with E-state index < -0.39 is 5.91 Å². The molecule has 186 valence electrons. The number of ether oxygens (including phenoxy) is 2. The number of hydrogen-bond donors (Lipinski definition) is 1. The van der Waals surface area contributed by atoms with Gasteiger partial charge in [0.2, 0.25) is 0 Å². The summed E-state index contributed by atoms with van der Waals surface area (Å²) < 4.78 is 12.9. The standard InChI is InChI=1S/C29H25N3O4S/c1-18-11-13-22(14-12-18)32-28(34)25(16-20-8-6-10-24(35-3)26(20)36-4)37-29(32)23(17-30)27(33)31-21-9-5-7-19(2)15-21/h5-16H,1-4H3,(H,31,33). The predicted octanol–water partition coefficient (Wildman–Crippen LogP) is 3.67. The number of carbonyl (C=O) groups excluding carboxylic acids is 1. The Kier molecular flexibility index (Phi) is 7.56.